The molecule has 0 amide bonds. The first-order valence-corrected chi connectivity index (χ1v) is 14.2. The van der Waals surface area contributed by atoms with Crippen molar-refractivity contribution < 1.29 is 51.3 Å². The van der Waals surface area contributed by atoms with Gasteiger partial charge in [0.1, 0.15) is 18.3 Å². The lowest BCUT2D eigenvalue weighted by molar-refractivity contribution is -0.199. The zero-order valence-electron chi connectivity index (χ0n) is 20.3. The van der Waals surface area contributed by atoms with E-state index in [-0.39, 0.29) is 35.7 Å². The first-order chi connectivity index (χ1) is 17.7. The number of rotatable bonds is 12. The summed E-state index contributed by atoms with van der Waals surface area (Å²) in [6, 6.07) is 0. The Morgan fingerprint density at radius 3 is 2.68 bits per heavy atom. The largest absolute Gasteiger partial charge is 0.481 e. The van der Waals surface area contributed by atoms with Crippen LogP contribution >= 0.6 is 15.6 Å². The van der Waals surface area contributed by atoms with Crippen molar-refractivity contribution in [2.75, 3.05) is 18.9 Å². The average Bonchev–Trinajstić information content (AvgIpc) is 3.45. The molecule has 0 aliphatic carbocycles. The van der Waals surface area contributed by atoms with Crippen LogP contribution in [0.3, 0.4) is 0 Å². The Bertz CT molecular complexity index is 1380. The van der Waals surface area contributed by atoms with Crippen LogP contribution in [-0.2, 0) is 41.5 Å². The van der Waals surface area contributed by atoms with Gasteiger partial charge in [-0.25, -0.2) is 14.1 Å². The smallest absolute Gasteiger partial charge is 0.369 e. The number of hydrogen-bond donors (Lipinski definition) is 4. The van der Waals surface area contributed by atoms with Gasteiger partial charge in [-0.3, -0.25) is 28.2 Å². The summed E-state index contributed by atoms with van der Waals surface area (Å²) in [5.74, 6) is -1.52. The number of phosphoric ester groups is 2. The summed E-state index contributed by atoms with van der Waals surface area (Å²) in [5.41, 5.74) is 5.20. The molecule has 2 aromatic heterocycles. The quantitative estimate of drug-likeness (QED) is 0.155. The number of aromatic nitrogens is 4. The van der Waals surface area contributed by atoms with E-state index in [1.165, 1.54) is 10.9 Å². The van der Waals surface area contributed by atoms with E-state index in [1.54, 1.807) is 13.8 Å². The molecule has 38 heavy (non-hydrogen) atoms. The number of allylic oxidation sites excluding steroid dienone is 1. The first kappa shape index (κ1) is 28.7. The standard InChI is InChI=1S/C19H27N5O12P2/c1-4-10(25)6-5-7-31-37(27,28)36-38(29,30)32-8-11-13-14(35-19(2,3)34-13)17(33-11)24-9-21-12-15(24)22-18(20)23-16(12)26/h4,9,11,13-14,17H,1,5-8H2,2-3H3,(H,27,28)(H,29,30)(H3,20,22,23,26)/t11-,13-,14-,17-/m1/s1. The van der Waals surface area contributed by atoms with Crippen LogP contribution in [0.2, 0.25) is 0 Å². The van der Waals surface area contributed by atoms with Crippen molar-refractivity contribution in [1.82, 2.24) is 19.5 Å². The van der Waals surface area contributed by atoms with E-state index in [0.717, 1.165) is 6.08 Å². The van der Waals surface area contributed by atoms with E-state index in [9.17, 15) is 28.5 Å². The number of carbonyl (C=O) groups is 1. The van der Waals surface area contributed by atoms with Gasteiger partial charge < -0.3 is 29.7 Å². The van der Waals surface area contributed by atoms with E-state index >= 15 is 0 Å². The van der Waals surface area contributed by atoms with Gasteiger partial charge in [-0.2, -0.15) is 9.29 Å². The second-order valence-electron chi connectivity index (χ2n) is 8.83. The molecule has 4 heterocycles. The fourth-order valence-corrected chi connectivity index (χ4v) is 6.14. The maximum atomic E-state index is 12.4. The predicted molar refractivity (Wildman–Crippen MR) is 127 cm³/mol. The lowest BCUT2D eigenvalue weighted by Gasteiger charge is -2.25. The molecule has 2 aliphatic rings. The summed E-state index contributed by atoms with van der Waals surface area (Å²) < 4.78 is 57.5. The molecule has 2 aliphatic heterocycles. The van der Waals surface area contributed by atoms with Gasteiger partial charge in [0.05, 0.1) is 19.5 Å². The third-order valence-electron chi connectivity index (χ3n) is 5.51. The number of hydrogen-bond acceptors (Lipinski definition) is 13. The molecule has 2 saturated heterocycles. The van der Waals surface area contributed by atoms with Crippen molar-refractivity contribution >= 4 is 38.5 Å². The van der Waals surface area contributed by atoms with Crippen LogP contribution in [-0.4, -0.2) is 72.4 Å². The zero-order chi connectivity index (χ0) is 27.9. The fraction of sp³-hybridized carbons (Fsp3) is 0.579. The van der Waals surface area contributed by atoms with Gasteiger partial charge in [0.25, 0.3) is 5.56 Å². The number of fused-ring (bicyclic) bond motifs is 2. The number of nitrogens with two attached hydrogens (primary N) is 1. The molecule has 19 heteroatoms. The molecule has 0 spiro atoms. The van der Waals surface area contributed by atoms with E-state index in [1.807, 2.05) is 0 Å². The molecule has 4 rings (SSSR count). The number of phosphoric acid groups is 2. The third-order valence-corrected chi connectivity index (χ3v) is 8.14. The monoisotopic (exact) mass is 579 g/mol. The Morgan fingerprint density at radius 1 is 1.29 bits per heavy atom. The Labute approximate surface area is 215 Å². The van der Waals surface area contributed by atoms with Crippen LogP contribution in [0.15, 0.2) is 23.8 Å². The molecule has 210 valence electrons. The Kier molecular flexibility index (Phi) is 8.08. The lowest BCUT2D eigenvalue weighted by atomic mass is 10.1. The van der Waals surface area contributed by atoms with Crippen molar-refractivity contribution in [3.63, 3.8) is 0 Å². The minimum Gasteiger partial charge on any atom is -0.369 e. The topological polar surface area (TPSA) is 237 Å². The molecular formula is C19H27N5O12P2. The molecule has 2 unspecified atom stereocenters. The number of nitrogen functional groups attached to an aromatic ring is 1. The highest BCUT2D eigenvalue weighted by atomic mass is 31.3. The Balaban J connectivity index is 1.44. The highest BCUT2D eigenvalue weighted by molar-refractivity contribution is 7.61. The van der Waals surface area contributed by atoms with Gasteiger partial charge in [0, 0.05) is 6.42 Å². The number of nitrogens with zero attached hydrogens (tertiary/aromatic N) is 3. The van der Waals surface area contributed by atoms with E-state index in [2.05, 4.69) is 30.4 Å². The van der Waals surface area contributed by atoms with Crippen LogP contribution < -0.4 is 11.3 Å². The molecule has 17 nitrogen and oxygen atoms in total. The number of carbonyl (C=O) groups excluding carboxylic acids is 1. The summed E-state index contributed by atoms with van der Waals surface area (Å²) in [5, 5.41) is 0. The van der Waals surface area contributed by atoms with Gasteiger partial charge in [-0.05, 0) is 26.3 Å². The zero-order valence-corrected chi connectivity index (χ0v) is 22.1. The van der Waals surface area contributed by atoms with E-state index in [0.29, 0.717) is 0 Å². The Morgan fingerprint density at radius 2 is 1.97 bits per heavy atom. The molecular weight excluding hydrogens is 552 g/mol. The third kappa shape index (κ3) is 6.46. The molecule has 2 aromatic rings. The fourth-order valence-electron chi connectivity index (χ4n) is 4.02. The van der Waals surface area contributed by atoms with Crippen molar-refractivity contribution in [3.05, 3.63) is 29.3 Å². The van der Waals surface area contributed by atoms with Gasteiger partial charge in [0.15, 0.2) is 29.0 Å². The molecule has 2 fully saturated rings. The van der Waals surface area contributed by atoms with Gasteiger partial charge in [-0.15, -0.1) is 0 Å². The first-order valence-electron chi connectivity index (χ1n) is 11.2. The normalized spacial score (nSPS) is 27.6. The second-order valence-corrected chi connectivity index (χ2v) is 11.9. The van der Waals surface area contributed by atoms with Crippen molar-refractivity contribution in [3.8, 4) is 0 Å². The highest BCUT2D eigenvalue weighted by Gasteiger charge is 2.56. The predicted octanol–water partition coefficient (Wildman–Crippen LogP) is 0.905. The molecule has 5 N–H and O–H groups in total. The molecule has 6 atom stereocenters. The number of imidazole rings is 1. The SMILES string of the molecule is C=CC(=O)CCCOP(=O)(O)OP(=O)(O)OC[C@H]1O[C@@H](n2cnc3c(=O)[nH]c(N)nc32)[C@@H]2OC(C)(C)O[C@@H]21. The molecule has 0 aromatic carbocycles. The number of H-pyrrole nitrogens is 1. The average molecular weight is 579 g/mol. The second kappa shape index (κ2) is 10.7. The van der Waals surface area contributed by atoms with E-state index in [4.69, 9.17) is 24.5 Å². The summed E-state index contributed by atoms with van der Waals surface area (Å²) in [6.07, 6.45) is -1.16. The van der Waals surface area contributed by atoms with Crippen LogP contribution in [0.25, 0.3) is 11.2 Å². The maximum absolute atomic E-state index is 12.4. The van der Waals surface area contributed by atoms with Crippen molar-refractivity contribution in [2.45, 2.75) is 57.0 Å². The van der Waals surface area contributed by atoms with Gasteiger partial charge in [0.2, 0.25) is 5.95 Å². The van der Waals surface area contributed by atoms with E-state index < -0.39 is 64.7 Å². The molecule has 0 radical (unpaired) electrons. The number of ether oxygens (including phenoxy) is 3. The maximum Gasteiger partial charge on any atom is 0.481 e. The number of ketones is 1. The molecule has 0 saturated carbocycles. The van der Waals surface area contributed by atoms with Crippen LogP contribution in [0, 0.1) is 0 Å². The Hall–Kier alpha value is -2.30. The molecule has 0 bridgehead atoms. The van der Waals surface area contributed by atoms with Crippen LogP contribution in [0.1, 0.15) is 32.9 Å². The van der Waals surface area contributed by atoms with Crippen molar-refractivity contribution in [2.24, 2.45) is 0 Å². The minimum atomic E-state index is -5.13. The van der Waals surface area contributed by atoms with Gasteiger partial charge in [-0.1, -0.05) is 6.58 Å². The van der Waals surface area contributed by atoms with Gasteiger partial charge >= 0.3 is 15.6 Å². The summed E-state index contributed by atoms with van der Waals surface area (Å²) >= 11 is 0. The van der Waals surface area contributed by atoms with Crippen LogP contribution in [0.4, 0.5) is 5.95 Å². The minimum absolute atomic E-state index is 0.000639. The summed E-state index contributed by atoms with van der Waals surface area (Å²) in [7, 11) is -10.1. The lowest BCUT2D eigenvalue weighted by Crippen LogP contribution is -2.32. The summed E-state index contributed by atoms with van der Waals surface area (Å²) in [6.45, 7) is 5.57. The number of anilines is 1. The van der Waals surface area contributed by atoms with Crippen LogP contribution in [0.5, 0.6) is 0 Å². The number of aromatic amines is 1. The van der Waals surface area contributed by atoms with Crippen molar-refractivity contribution in [1.29, 1.82) is 0 Å². The number of nitrogens with one attached hydrogen (secondary N) is 1. The summed E-state index contributed by atoms with van der Waals surface area (Å²) in [4.78, 5) is 53.6. The highest BCUT2D eigenvalue weighted by Crippen LogP contribution is 2.60.